The van der Waals surface area contributed by atoms with E-state index in [1.165, 1.54) is 21.2 Å². The van der Waals surface area contributed by atoms with Crippen molar-refractivity contribution in [2.45, 2.75) is 0 Å². The average Bonchev–Trinajstić information content (AvgIpc) is 2.72. The van der Waals surface area contributed by atoms with Gasteiger partial charge in [-0.05, 0) is 60.7 Å². The van der Waals surface area contributed by atoms with Crippen molar-refractivity contribution in [2.75, 3.05) is 5.73 Å². The van der Waals surface area contributed by atoms with Gasteiger partial charge in [-0.15, -0.1) is 0 Å². The quantitative estimate of drug-likeness (QED) is 0.437. The molecule has 2 N–H and O–H groups in total. The van der Waals surface area contributed by atoms with Crippen molar-refractivity contribution in [3.63, 3.8) is 0 Å². The molecule has 4 rings (SSSR count). The Bertz CT molecular complexity index is 868. The first kappa shape index (κ1) is 16.6. The van der Waals surface area contributed by atoms with Gasteiger partial charge in [0, 0.05) is 5.69 Å². The summed E-state index contributed by atoms with van der Waals surface area (Å²) in [4.78, 5) is 0. The van der Waals surface area contributed by atoms with Crippen LogP contribution in [-0.4, -0.2) is 0 Å². The lowest BCUT2D eigenvalue weighted by molar-refractivity contribution is 1.70. The topological polar surface area (TPSA) is 26.0 Å². The van der Waals surface area contributed by atoms with E-state index in [1.807, 2.05) is 12.1 Å². The highest BCUT2D eigenvalue weighted by Gasteiger charge is 2.47. The number of hydrogen-bond donors (Lipinski definition) is 1. The molecule has 0 fully saturated rings. The Morgan fingerprint density at radius 1 is 0.385 bits per heavy atom. The van der Waals surface area contributed by atoms with E-state index in [0.717, 1.165) is 5.69 Å². The standard InChI is InChI=1S/C24H21NP/c25-20-16-18-24(19-17-20)26(21-10-4-1-5-11-21,22-12-6-2-7-13-22)23-14-8-3-9-15-23/h1-19H,25H2/q+1. The van der Waals surface area contributed by atoms with Crippen LogP contribution in [0.1, 0.15) is 0 Å². The third-order valence-corrected chi connectivity index (χ3v) is 9.00. The fourth-order valence-electron chi connectivity index (χ4n) is 3.55. The summed E-state index contributed by atoms with van der Waals surface area (Å²) in [6, 6.07) is 41.0. The summed E-state index contributed by atoms with van der Waals surface area (Å²) >= 11 is 0. The molecule has 0 atom stereocenters. The van der Waals surface area contributed by atoms with E-state index >= 15 is 0 Å². The maximum Gasteiger partial charge on any atom is 0.144 e. The third-order valence-electron chi connectivity index (χ3n) is 4.71. The predicted octanol–water partition coefficient (Wildman–Crippen LogP) is 3.89. The molecule has 0 aromatic heterocycles. The van der Waals surface area contributed by atoms with Gasteiger partial charge < -0.3 is 5.73 Å². The highest BCUT2D eigenvalue weighted by molar-refractivity contribution is 8.01. The molecule has 1 nitrogen and oxygen atoms in total. The van der Waals surface area contributed by atoms with E-state index in [2.05, 4.69) is 103 Å². The summed E-state index contributed by atoms with van der Waals surface area (Å²) in [6.07, 6.45) is 0. The van der Waals surface area contributed by atoms with E-state index in [-0.39, 0.29) is 0 Å². The van der Waals surface area contributed by atoms with Gasteiger partial charge in [0.05, 0.1) is 0 Å². The Kier molecular flexibility index (Phi) is 4.56. The van der Waals surface area contributed by atoms with Gasteiger partial charge in [-0.2, -0.15) is 0 Å². The first-order valence-electron chi connectivity index (χ1n) is 8.74. The molecule has 0 aliphatic carbocycles. The van der Waals surface area contributed by atoms with Crippen LogP contribution in [0, 0.1) is 0 Å². The third kappa shape index (κ3) is 2.81. The maximum absolute atomic E-state index is 6.00. The van der Waals surface area contributed by atoms with Crippen LogP contribution in [0.5, 0.6) is 0 Å². The fourth-order valence-corrected chi connectivity index (χ4v) is 7.79. The molecule has 0 amide bonds. The van der Waals surface area contributed by atoms with Crippen molar-refractivity contribution in [3.05, 3.63) is 115 Å². The summed E-state index contributed by atoms with van der Waals surface area (Å²) in [5, 5.41) is 5.36. The summed E-state index contributed by atoms with van der Waals surface area (Å²) in [5.41, 5.74) is 6.79. The van der Waals surface area contributed by atoms with Crippen molar-refractivity contribution in [2.24, 2.45) is 0 Å². The van der Waals surface area contributed by atoms with E-state index in [4.69, 9.17) is 5.73 Å². The van der Waals surface area contributed by atoms with Gasteiger partial charge in [-0.25, -0.2) is 0 Å². The van der Waals surface area contributed by atoms with Crippen molar-refractivity contribution in [1.82, 2.24) is 0 Å². The van der Waals surface area contributed by atoms with Crippen LogP contribution in [0.25, 0.3) is 0 Å². The van der Waals surface area contributed by atoms with Gasteiger partial charge in [-0.3, -0.25) is 0 Å². The summed E-state index contributed by atoms with van der Waals surface area (Å²) < 4.78 is 0. The van der Waals surface area contributed by atoms with Crippen LogP contribution in [-0.2, 0) is 0 Å². The van der Waals surface area contributed by atoms with E-state index < -0.39 is 7.26 Å². The van der Waals surface area contributed by atoms with E-state index in [1.54, 1.807) is 0 Å². The minimum absolute atomic E-state index is 0.793. The second-order valence-electron chi connectivity index (χ2n) is 6.27. The van der Waals surface area contributed by atoms with Crippen LogP contribution in [0.3, 0.4) is 0 Å². The zero-order chi connectivity index (χ0) is 17.8. The van der Waals surface area contributed by atoms with Crippen molar-refractivity contribution < 1.29 is 0 Å². The minimum atomic E-state index is -1.98. The molecule has 0 radical (unpaired) electrons. The smallest absolute Gasteiger partial charge is 0.144 e. The van der Waals surface area contributed by atoms with Gasteiger partial charge in [0.15, 0.2) is 0 Å². The predicted molar refractivity (Wildman–Crippen MR) is 116 cm³/mol. The van der Waals surface area contributed by atoms with E-state index in [0.29, 0.717) is 0 Å². The Morgan fingerprint density at radius 3 is 1.04 bits per heavy atom. The first-order chi connectivity index (χ1) is 12.8. The van der Waals surface area contributed by atoms with Gasteiger partial charge in [0.25, 0.3) is 0 Å². The van der Waals surface area contributed by atoms with Crippen LogP contribution in [0.15, 0.2) is 115 Å². The molecule has 2 heteroatoms. The Hall–Kier alpha value is -2.89. The zero-order valence-corrected chi connectivity index (χ0v) is 15.4. The number of nitrogens with two attached hydrogens (primary N) is 1. The molecule has 0 heterocycles. The molecule has 0 saturated heterocycles. The van der Waals surface area contributed by atoms with Gasteiger partial charge in [0.1, 0.15) is 28.5 Å². The molecule has 4 aromatic rings. The average molecular weight is 354 g/mol. The lowest BCUT2D eigenvalue weighted by Gasteiger charge is -2.27. The molecule has 0 saturated carbocycles. The lowest BCUT2D eigenvalue weighted by atomic mass is 10.3. The van der Waals surface area contributed by atoms with Crippen LogP contribution < -0.4 is 27.0 Å². The largest absolute Gasteiger partial charge is 0.399 e. The SMILES string of the molecule is Nc1ccc([P+](c2ccccc2)(c2ccccc2)c2ccccc2)cc1. The van der Waals surface area contributed by atoms with Crippen molar-refractivity contribution >= 4 is 34.2 Å². The Labute approximate surface area is 155 Å². The molecule has 26 heavy (non-hydrogen) atoms. The highest BCUT2D eigenvalue weighted by Crippen LogP contribution is 2.54. The number of anilines is 1. The Balaban J connectivity index is 2.12. The number of nitrogen functional groups attached to an aromatic ring is 1. The second-order valence-corrected chi connectivity index (χ2v) is 9.68. The van der Waals surface area contributed by atoms with Gasteiger partial charge in [0.2, 0.25) is 0 Å². The van der Waals surface area contributed by atoms with Gasteiger partial charge in [-0.1, -0.05) is 54.6 Å². The lowest BCUT2D eigenvalue weighted by Crippen LogP contribution is -2.38. The van der Waals surface area contributed by atoms with Crippen LogP contribution >= 0.6 is 7.26 Å². The highest BCUT2D eigenvalue weighted by atomic mass is 31.2. The first-order valence-corrected chi connectivity index (χ1v) is 10.5. The number of rotatable bonds is 4. The van der Waals surface area contributed by atoms with Crippen molar-refractivity contribution in [3.8, 4) is 0 Å². The molecule has 0 aliphatic heterocycles. The van der Waals surface area contributed by atoms with E-state index in [9.17, 15) is 0 Å². The summed E-state index contributed by atoms with van der Waals surface area (Å²) in [5.74, 6) is 0. The molecule has 0 unspecified atom stereocenters. The maximum atomic E-state index is 6.00. The number of hydrogen-bond acceptors (Lipinski definition) is 1. The molecular formula is C24H21NP+. The second kappa shape index (κ2) is 7.15. The molecule has 0 bridgehead atoms. The number of benzene rings is 4. The minimum Gasteiger partial charge on any atom is -0.399 e. The van der Waals surface area contributed by atoms with Gasteiger partial charge >= 0.3 is 0 Å². The molecule has 126 valence electrons. The van der Waals surface area contributed by atoms with Crippen LogP contribution in [0.2, 0.25) is 0 Å². The molecule has 0 spiro atoms. The summed E-state index contributed by atoms with van der Waals surface area (Å²) in [7, 11) is -1.98. The zero-order valence-electron chi connectivity index (χ0n) is 14.5. The van der Waals surface area contributed by atoms with Crippen LogP contribution in [0.4, 0.5) is 5.69 Å². The summed E-state index contributed by atoms with van der Waals surface area (Å²) in [6.45, 7) is 0. The fraction of sp³-hybridized carbons (Fsp3) is 0. The Morgan fingerprint density at radius 2 is 0.692 bits per heavy atom. The molecule has 4 aromatic carbocycles. The van der Waals surface area contributed by atoms with Crippen molar-refractivity contribution in [1.29, 1.82) is 0 Å². The normalized spacial score (nSPS) is 11.2. The molecule has 0 aliphatic rings. The molecular weight excluding hydrogens is 333 g/mol. The monoisotopic (exact) mass is 354 g/mol.